The second-order valence-electron chi connectivity index (χ2n) is 6.50. The summed E-state index contributed by atoms with van der Waals surface area (Å²) in [5.74, 6) is -0.595. The van der Waals surface area contributed by atoms with Crippen molar-refractivity contribution in [3.8, 4) is 0 Å². The molecule has 0 saturated heterocycles. The van der Waals surface area contributed by atoms with Crippen molar-refractivity contribution in [2.45, 2.75) is 52.6 Å². The minimum atomic E-state index is -0.972. The van der Waals surface area contributed by atoms with Crippen LogP contribution in [0.5, 0.6) is 0 Å². The van der Waals surface area contributed by atoms with E-state index in [2.05, 4.69) is 20.8 Å². The summed E-state index contributed by atoms with van der Waals surface area (Å²) < 4.78 is 0. The van der Waals surface area contributed by atoms with Gasteiger partial charge in [-0.05, 0) is 30.6 Å². The first-order valence-electron chi connectivity index (χ1n) is 6.40. The summed E-state index contributed by atoms with van der Waals surface area (Å²) in [6, 6.07) is 0. The maximum atomic E-state index is 11.1. The number of carbonyl (C=O) groups is 1. The number of rotatable bonds is 1. The molecular weight excluding hydrogens is 216 g/mol. The van der Waals surface area contributed by atoms with Gasteiger partial charge in [0.25, 0.3) is 0 Å². The number of hydrogen-bond donors (Lipinski definition) is 2. The van der Waals surface area contributed by atoms with Crippen LogP contribution in [0.3, 0.4) is 0 Å². The highest BCUT2D eigenvalue weighted by molar-refractivity contribution is 5.88. The SMILES string of the molecule is CC1(C)CCC[C@@]2(C)C1CC=C(C(=O)O)[C@H]2O. The molecule has 3 nitrogen and oxygen atoms in total. The van der Waals surface area contributed by atoms with Gasteiger partial charge in [0.2, 0.25) is 0 Å². The lowest BCUT2D eigenvalue weighted by atomic mass is 9.51. The molecule has 0 aromatic heterocycles. The van der Waals surface area contributed by atoms with Crippen LogP contribution in [0.25, 0.3) is 0 Å². The molecule has 2 N–H and O–H groups in total. The topological polar surface area (TPSA) is 57.5 Å². The van der Waals surface area contributed by atoms with Crippen LogP contribution in [0.2, 0.25) is 0 Å². The van der Waals surface area contributed by atoms with Gasteiger partial charge in [0.15, 0.2) is 0 Å². The van der Waals surface area contributed by atoms with Crippen LogP contribution in [0.1, 0.15) is 46.5 Å². The third-order valence-corrected chi connectivity index (χ3v) is 5.02. The molecule has 1 fully saturated rings. The van der Waals surface area contributed by atoms with Crippen LogP contribution in [-0.4, -0.2) is 22.3 Å². The number of carboxylic acid groups (broad SMARTS) is 1. The summed E-state index contributed by atoms with van der Waals surface area (Å²) in [6.07, 6.45) is 4.85. The maximum Gasteiger partial charge on any atom is 0.333 e. The average Bonchev–Trinajstić information content (AvgIpc) is 2.19. The van der Waals surface area contributed by atoms with Crippen LogP contribution >= 0.6 is 0 Å². The Morgan fingerprint density at radius 3 is 2.59 bits per heavy atom. The van der Waals surface area contributed by atoms with Gasteiger partial charge in [0, 0.05) is 5.41 Å². The van der Waals surface area contributed by atoms with Crippen molar-refractivity contribution < 1.29 is 15.0 Å². The number of hydrogen-bond acceptors (Lipinski definition) is 2. The van der Waals surface area contributed by atoms with Crippen LogP contribution in [0.4, 0.5) is 0 Å². The number of aliphatic carboxylic acids is 1. The Morgan fingerprint density at radius 2 is 2.00 bits per heavy atom. The zero-order valence-electron chi connectivity index (χ0n) is 10.9. The van der Waals surface area contributed by atoms with Gasteiger partial charge in [0.1, 0.15) is 0 Å². The summed E-state index contributed by atoms with van der Waals surface area (Å²) in [4.78, 5) is 11.1. The van der Waals surface area contributed by atoms with E-state index in [9.17, 15) is 9.90 Å². The normalized spacial score (nSPS) is 40.4. The van der Waals surface area contributed by atoms with E-state index in [0.717, 1.165) is 25.7 Å². The van der Waals surface area contributed by atoms with Crippen LogP contribution < -0.4 is 0 Å². The van der Waals surface area contributed by atoms with Gasteiger partial charge in [-0.2, -0.15) is 0 Å². The first-order valence-corrected chi connectivity index (χ1v) is 6.40. The Hall–Kier alpha value is -0.830. The molecule has 0 radical (unpaired) electrons. The molecule has 2 aliphatic rings. The molecular formula is C14H22O3. The predicted octanol–water partition coefficient (Wildman–Crippen LogP) is 2.59. The van der Waals surface area contributed by atoms with E-state index < -0.39 is 12.1 Å². The van der Waals surface area contributed by atoms with Gasteiger partial charge in [-0.3, -0.25) is 0 Å². The minimum Gasteiger partial charge on any atom is -0.478 e. The summed E-state index contributed by atoms with van der Waals surface area (Å²) in [5.41, 5.74) is 0.111. The van der Waals surface area contributed by atoms with Gasteiger partial charge in [-0.1, -0.05) is 33.3 Å². The number of fused-ring (bicyclic) bond motifs is 1. The smallest absolute Gasteiger partial charge is 0.333 e. The maximum absolute atomic E-state index is 11.1. The molecule has 3 heteroatoms. The van der Waals surface area contributed by atoms with Gasteiger partial charge in [-0.25, -0.2) is 4.79 Å². The van der Waals surface area contributed by atoms with Crippen molar-refractivity contribution in [1.29, 1.82) is 0 Å². The number of carboxylic acids is 1. The summed E-state index contributed by atoms with van der Waals surface area (Å²) in [6.45, 7) is 6.53. The van der Waals surface area contributed by atoms with E-state index in [1.165, 1.54) is 0 Å². The van der Waals surface area contributed by atoms with E-state index in [1.807, 2.05) is 0 Å². The first-order chi connectivity index (χ1) is 7.79. The number of aliphatic hydroxyl groups is 1. The quantitative estimate of drug-likeness (QED) is 0.738. The van der Waals surface area contributed by atoms with E-state index >= 15 is 0 Å². The molecule has 1 unspecified atom stereocenters. The molecule has 3 atom stereocenters. The van der Waals surface area contributed by atoms with Crippen molar-refractivity contribution in [2.24, 2.45) is 16.7 Å². The lowest BCUT2D eigenvalue weighted by Gasteiger charge is -2.54. The first kappa shape index (κ1) is 12.6. The minimum absolute atomic E-state index is 0.189. The molecule has 96 valence electrons. The highest BCUT2D eigenvalue weighted by atomic mass is 16.4. The molecule has 1 saturated carbocycles. The van der Waals surface area contributed by atoms with Crippen molar-refractivity contribution in [3.05, 3.63) is 11.6 Å². The molecule has 2 aliphatic carbocycles. The van der Waals surface area contributed by atoms with Gasteiger partial charge in [0.05, 0.1) is 11.7 Å². The van der Waals surface area contributed by atoms with E-state index in [1.54, 1.807) is 6.08 Å². The van der Waals surface area contributed by atoms with Crippen LogP contribution in [0, 0.1) is 16.7 Å². The van der Waals surface area contributed by atoms with E-state index in [-0.39, 0.29) is 16.4 Å². The van der Waals surface area contributed by atoms with Crippen molar-refractivity contribution in [3.63, 3.8) is 0 Å². The molecule has 0 aromatic carbocycles. The third kappa shape index (κ3) is 1.81. The van der Waals surface area contributed by atoms with Gasteiger partial charge in [-0.15, -0.1) is 0 Å². The van der Waals surface area contributed by atoms with E-state index in [4.69, 9.17) is 5.11 Å². The highest BCUT2D eigenvalue weighted by Gasteiger charge is 2.53. The molecule has 17 heavy (non-hydrogen) atoms. The van der Waals surface area contributed by atoms with Crippen molar-refractivity contribution >= 4 is 5.97 Å². The molecule has 0 bridgehead atoms. The monoisotopic (exact) mass is 238 g/mol. The Bertz CT molecular complexity index is 370. The molecule has 0 aromatic rings. The van der Waals surface area contributed by atoms with Gasteiger partial charge >= 0.3 is 5.97 Å². The highest BCUT2D eigenvalue weighted by Crippen LogP contribution is 2.57. The summed E-state index contributed by atoms with van der Waals surface area (Å²) in [7, 11) is 0. The summed E-state index contributed by atoms with van der Waals surface area (Å²) in [5, 5.41) is 19.5. The fourth-order valence-corrected chi connectivity index (χ4v) is 4.00. The summed E-state index contributed by atoms with van der Waals surface area (Å²) >= 11 is 0. The standard InChI is InChI=1S/C14H22O3/c1-13(2)7-4-8-14(3)10(13)6-5-9(11(14)15)12(16)17/h5,10-11,15H,4,6-8H2,1-3H3,(H,16,17)/t10?,11-,14+/m1/s1. The lowest BCUT2D eigenvalue weighted by Crippen LogP contribution is -2.52. The fourth-order valence-electron chi connectivity index (χ4n) is 4.00. The van der Waals surface area contributed by atoms with Gasteiger partial charge < -0.3 is 10.2 Å². The second kappa shape index (κ2) is 3.84. The Morgan fingerprint density at radius 1 is 1.35 bits per heavy atom. The Kier molecular flexibility index (Phi) is 2.85. The zero-order valence-corrected chi connectivity index (χ0v) is 10.9. The average molecular weight is 238 g/mol. The molecule has 0 spiro atoms. The lowest BCUT2D eigenvalue weighted by molar-refractivity contribution is -0.138. The number of allylic oxidation sites excluding steroid dienone is 1. The predicted molar refractivity (Wildman–Crippen MR) is 65.6 cm³/mol. The van der Waals surface area contributed by atoms with Crippen LogP contribution in [-0.2, 0) is 4.79 Å². The third-order valence-electron chi connectivity index (χ3n) is 5.02. The second-order valence-corrected chi connectivity index (χ2v) is 6.50. The Labute approximate surface area is 103 Å². The van der Waals surface area contributed by atoms with E-state index in [0.29, 0.717) is 5.92 Å². The fraction of sp³-hybridized carbons (Fsp3) is 0.786. The zero-order chi connectivity index (χ0) is 12.8. The molecule has 0 aliphatic heterocycles. The van der Waals surface area contributed by atoms with Crippen molar-refractivity contribution in [2.75, 3.05) is 0 Å². The number of aliphatic hydroxyl groups excluding tert-OH is 1. The molecule has 2 rings (SSSR count). The van der Waals surface area contributed by atoms with Crippen molar-refractivity contribution in [1.82, 2.24) is 0 Å². The molecule has 0 amide bonds. The Balaban J connectivity index is 2.40. The van der Waals surface area contributed by atoms with Crippen LogP contribution in [0.15, 0.2) is 11.6 Å². The molecule has 0 heterocycles. The largest absolute Gasteiger partial charge is 0.478 e.